The molecule has 5 amide bonds. The number of benzene rings is 2. The van der Waals surface area contributed by atoms with E-state index >= 15 is 0 Å². The fourth-order valence-corrected chi connectivity index (χ4v) is 10.1. The first-order chi connectivity index (χ1) is 32.2. The number of anilines is 3. The highest BCUT2D eigenvalue weighted by atomic mass is 32.2. The maximum Gasteiger partial charge on any atom is 0.245 e. The van der Waals surface area contributed by atoms with Gasteiger partial charge in [-0.15, -0.1) is 0 Å². The van der Waals surface area contributed by atoms with Crippen LogP contribution in [0.3, 0.4) is 0 Å². The van der Waals surface area contributed by atoms with Crippen molar-refractivity contribution < 1.29 is 55.0 Å². The number of hydrogen-bond donors (Lipinski definition) is 6. The van der Waals surface area contributed by atoms with E-state index < -0.39 is 102 Å². The molecule has 2 aromatic carbocycles. The number of carbonyl (C=O) groups excluding carboxylic acids is 7. The molecule has 1 fully saturated rings. The van der Waals surface area contributed by atoms with Gasteiger partial charge in [0.25, 0.3) is 0 Å². The molecular weight excluding hydrogens is 931 g/mol. The first-order valence-electron chi connectivity index (χ1n) is 22.7. The standard InChI is InChI=1S/C48H65N7O12S2/c1-10-32-22-36-37(20-27(32)5)44(49)42(69(65,66)67)25-38(36)54-33-14-12-15-34(23-33)68(63,64)19-17-50-45(59)28(6)21-40(56)29(7)52-47(61)35(26(3)4)24-41(57)39-16-13-18-55(39)48(62)31(9)53-46(60)30(8)51-43(58)11-2/h10-12,14-15,23,25-26,28-31,35,39,54H,2,5,13,16-22,24,49H2,1,3-4,6-9H3,(H,50,59)(H,51,58)(H,52,61)(H,53,60)(H,65,66,67)/p-1/b32-10-. The maximum atomic E-state index is 13.7. The summed E-state index contributed by atoms with van der Waals surface area (Å²) < 4.78 is 63.4. The van der Waals surface area contributed by atoms with Crippen LogP contribution in [-0.4, -0.2) is 110 Å². The lowest BCUT2D eigenvalue weighted by Gasteiger charge is -2.29. The summed E-state index contributed by atoms with van der Waals surface area (Å²) in [5.41, 5.74) is 9.24. The van der Waals surface area contributed by atoms with E-state index in [2.05, 4.69) is 39.7 Å². The molecule has 0 bridgehead atoms. The van der Waals surface area contributed by atoms with E-state index in [1.807, 2.05) is 13.0 Å². The van der Waals surface area contributed by atoms with Crippen LogP contribution in [0.1, 0.15) is 85.3 Å². The minimum absolute atomic E-state index is 0.104. The lowest BCUT2D eigenvalue weighted by molar-refractivity contribution is -0.141. The number of allylic oxidation sites excluding steroid dienone is 3. The van der Waals surface area contributed by atoms with Crippen LogP contribution in [0.5, 0.6) is 0 Å². The number of rotatable bonds is 22. The van der Waals surface area contributed by atoms with Crippen molar-refractivity contribution in [3.05, 3.63) is 77.9 Å². The van der Waals surface area contributed by atoms with E-state index in [0.717, 1.165) is 23.3 Å². The largest absolute Gasteiger partial charge is 0.744 e. The van der Waals surface area contributed by atoms with E-state index in [0.29, 0.717) is 30.4 Å². The zero-order valence-electron chi connectivity index (χ0n) is 40.1. The van der Waals surface area contributed by atoms with Gasteiger partial charge in [0.2, 0.25) is 29.5 Å². The Bertz CT molecular complexity index is 2650. The number of sulfone groups is 1. The number of nitrogens with two attached hydrogens (primary N) is 1. The average molecular weight is 995 g/mol. The molecule has 1 aliphatic carbocycles. The monoisotopic (exact) mass is 994 g/mol. The molecule has 6 unspecified atom stereocenters. The first kappa shape index (κ1) is 55.4. The highest BCUT2D eigenvalue weighted by Crippen LogP contribution is 2.41. The number of Topliss-reactive ketones (excluding diaryl/α,β-unsaturated/α-hetero) is 2. The number of nitrogen functional groups attached to an aromatic ring is 1. The second-order valence-electron chi connectivity index (χ2n) is 18.0. The third kappa shape index (κ3) is 14.2. The number of nitrogens with one attached hydrogen (secondary N) is 5. The third-order valence-electron chi connectivity index (χ3n) is 12.5. The lowest BCUT2D eigenvalue weighted by Crippen LogP contribution is -2.54. The summed E-state index contributed by atoms with van der Waals surface area (Å²) in [6.45, 7) is 18.6. The minimum atomic E-state index is -4.97. The van der Waals surface area contributed by atoms with Crippen LogP contribution in [0.25, 0.3) is 0 Å². The van der Waals surface area contributed by atoms with Crippen molar-refractivity contribution in [1.82, 2.24) is 26.2 Å². The number of carbonyl (C=O) groups is 7. The smallest absolute Gasteiger partial charge is 0.245 e. The molecule has 4 rings (SSSR count). The zero-order chi connectivity index (χ0) is 51.7. The van der Waals surface area contributed by atoms with Gasteiger partial charge < -0.3 is 41.8 Å². The normalized spacial score (nSPS) is 17.7. The lowest BCUT2D eigenvalue weighted by atomic mass is 9.83. The highest BCUT2D eigenvalue weighted by Gasteiger charge is 2.39. The van der Waals surface area contributed by atoms with Crippen LogP contribution in [-0.2, 0) is 66.4 Å². The molecule has 0 aromatic heterocycles. The number of hydrogen-bond acceptors (Lipinski definition) is 14. The molecule has 376 valence electrons. The van der Waals surface area contributed by atoms with Crippen LogP contribution in [0, 0.1) is 17.8 Å². The summed E-state index contributed by atoms with van der Waals surface area (Å²) in [5, 5.41) is 13.3. The second kappa shape index (κ2) is 23.4. The number of fused-ring (bicyclic) bond motifs is 1. The van der Waals surface area contributed by atoms with Crippen molar-refractivity contribution in [2.45, 2.75) is 121 Å². The van der Waals surface area contributed by atoms with Gasteiger partial charge in [0.05, 0.1) is 33.3 Å². The summed E-state index contributed by atoms with van der Waals surface area (Å²) in [6, 6.07) is 3.07. The SMILES string of the molecule is C=CC(=O)NC(C)C(=O)NC(C)C(=O)N1CCCC1C(=O)CC(C(=O)NC(C)C(=O)CC(C)C(=O)NCCS(=O)(=O)c1cccc(Nc2cc(S(=O)(=O)[O-])c(N)c3c2C/C(=C/C)C(=C)C3)c1)C(C)C. The summed E-state index contributed by atoms with van der Waals surface area (Å²) in [4.78, 5) is 91.7. The van der Waals surface area contributed by atoms with Gasteiger partial charge in [-0.3, -0.25) is 33.6 Å². The van der Waals surface area contributed by atoms with Crippen molar-refractivity contribution in [1.29, 1.82) is 0 Å². The molecule has 1 aliphatic heterocycles. The van der Waals surface area contributed by atoms with Crippen LogP contribution in [0.15, 0.2) is 76.6 Å². The Morgan fingerprint density at radius 2 is 1.54 bits per heavy atom. The van der Waals surface area contributed by atoms with Crippen LogP contribution < -0.4 is 32.3 Å². The van der Waals surface area contributed by atoms with Gasteiger partial charge in [0.15, 0.2) is 21.4 Å². The Morgan fingerprint density at radius 3 is 2.16 bits per heavy atom. The number of amides is 5. The molecule has 2 aromatic rings. The average Bonchev–Trinajstić information content (AvgIpc) is 3.78. The Hall–Kier alpha value is -6.19. The quantitative estimate of drug-likeness (QED) is 0.0562. The fraction of sp³-hybridized carbons (Fsp3) is 0.479. The molecule has 1 saturated heterocycles. The molecule has 0 saturated carbocycles. The van der Waals surface area contributed by atoms with E-state index in [4.69, 9.17) is 5.73 Å². The van der Waals surface area contributed by atoms with E-state index in [1.165, 1.54) is 50.8 Å². The summed E-state index contributed by atoms with van der Waals surface area (Å²) in [5.74, 6) is -6.25. The van der Waals surface area contributed by atoms with Crippen molar-refractivity contribution in [2.24, 2.45) is 17.8 Å². The molecule has 6 atom stereocenters. The number of likely N-dealkylation sites (tertiary alicyclic amines) is 1. The second-order valence-corrected chi connectivity index (χ2v) is 21.4. The Labute approximate surface area is 404 Å². The molecule has 7 N–H and O–H groups in total. The van der Waals surface area contributed by atoms with Crippen LogP contribution in [0.4, 0.5) is 17.1 Å². The van der Waals surface area contributed by atoms with Crippen molar-refractivity contribution in [3.63, 3.8) is 0 Å². The van der Waals surface area contributed by atoms with Crippen molar-refractivity contribution >= 4 is 78.1 Å². The zero-order valence-corrected chi connectivity index (χ0v) is 41.7. The van der Waals surface area contributed by atoms with Gasteiger partial charge >= 0.3 is 0 Å². The Kier molecular flexibility index (Phi) is 18.8. The Morgan fingerprint density at radius 1 is 0.870 bits per heavy atom. The topological polar surface area (TPSA) is 300 Å². The molecule has 21 heteroatoms. The molecular formula is C48H64N7O12S2-. The van der Waals surface area contributed by atoms with Gasteiger partial charge in [-0.05, 0) is 112 Å². The van der Waals surface area contributed by atoms with E-state index in [9.17, 15) is 55.0 Å². The van der Waals surface area contributed by atoms with Crippen molar-refractivity contribution in [2.75, 3.05) is 29.9 Å². The fourth-order valence-electron chi connectivity index (χ4n) is 8.27. The van der Waals surface area contributed by atoms with Crippen LogP contribution >= 0.6 is 0 Å². The molecule has 2 aliphatic rings. The van der Waals surface area contributed by atoms with Crippen molar-refractivity contribution in [3.8, 4) is 0 Å². The summed E-state index contributed by atoms with van der Waals surface area (Å²) >= 11 is 0. The molecule has 0 spiro atoms. The number of nitrogens with zero attached hydrogens (tertiary/aromatic N) is 1. The van der Waals surface area contributed by atoms with E-state index in [-0.39, 0.29) is 66.0 Å². The maximum absolute atomic E-state index is 13.7. The van der Waals surface area contributed by atoms with Crippen LogP contribution in [0.2, 0.25) is 0 Å². The highest BCUT2D eigenvalue weighted by molar-refractivity contribution is 7.91. The van der Waals surface area contributed by atoms with E-state index in [1.54, 1.807) is 19.9 Å². The van der Waals surface area contributed by atoms with Gasteiger partial charge in [-0.1, -0.05) is 46.1 Å². The molecule has 69 heavy (non-hydrogen) atoms. The molecule has 1 heterocycles. The molecule has 19 nitrogen and oxygen atoms in total. The predicted octanol–water partition coefficient (Wildman–Crippen LogP) is 2.93. The predicted molar refractivity (Wildman–Crippen MR) is 258 cm³/mol. The Balaban J connectivity index is 1.31. The third-order valence-corrected chi connectivity index (χ3v) is 15.1. The first-order valence-corrected chi connectivity index (χ1v) is 25.8. The van der Waals surface area contributed by atoms with Gasteiger partial charge in [0.1, 0.15) is 22.2 Å². The number of ketones is 2. The van der Waals surface area contributed by atoms with Gasteiger partial charge in [-0.2, -0.15) is 0 Å². The summed E-state index contributed by atoms with van der Waals surface area (Å²) in [7, 11) is -8.98. The summed E-state index contributed by atoms with van der Waals surface area (Å²) in [6.07, 6.45) is 3.82. The minimum Gasteiger partial charge on any atom is -0.744 e. The van der Waals surface area contributed by atoms with Gasteiger partial charge in [-0.25, -0.2) is 16.8 Å². The molecule has 0 radical (unpaired) electrons. The van der Waals surface area contributed by atoms with Gasteiger partial charge in [0, 0.05) is 49.1 Å².